The molecule has 2 rings (SSSR count). The van der Waals surface area contributed by atoms with E-state index in [-0.39, 0.29) is 16.1 Å². The number of halogens is 1. The molecule has 0 atom stereocenters. The Kier molecular flexibility index (Phi) is 3.19. The first-order valence-electron chi connectivity index (χ1n) is 5.36. The van der Waals surface area contributed by atoms with Gasteiger partial charge in [0.1, 0.15) is 5.82 Å². The standard InChI is InChI=1S/C11H13FN4O2S/c1-7-3-9(4-10(13)11(7)12)19(17,18)15-8-5-14-16(2)6-8/h3-6,15H,13H2,1-2H3. The van der Waals surface area contributed by atoms with Crippen molar-refractivity contribution in [3.63, 3.8) is 0 Å². The van der Waals surface area contributed by atoms with Gasteiger partial charge in [-0.05, 0) is 24.6 Å². The highest BCUT2D eigenvalue weighted by atomic mass is 32.2. The van der Waals surface area contributed by atoms with Gasteiger partial charge in [-0.1, -0.05) is 0 Å². The Labute approximate surface area is 110 Å². The minimum Gasteiger partial charge on any atom is -0.396 e. The normalized spacial score (nSPS) is 11.5. The largest absolute Gasteiger partial charge is 0.396 e. The lowest BCUT2D eigenvalue weighted by atomic mass is 10.2. The minimum atomic E-state index is -3.81. The Morgan fingerprint density at radius 1 is 1.42 bits per heavy atom. The quantitative estimate of drug-likeness (QED) is 0.830. The van der Waals surface area contributed by atoms with Gasteiger partial charge in [-0.2, -0.15) is 5.10 Å². The number of hydrogen-bond donors (Lipinski definition) is 2. The van der Waals surface area contributed by atoms with Crippen LogP contribution in [0, 0.1) is 12.7 Å². The zero-order valence-corrected chi connectivity index (χ0v) is 11.2. The summed E-state index contributed by atoms with van der Waals surface area (Å²) in [6.07, 6.45) is 2.88. The SMILES string of the molecule is Cc1cc(S(=O)(=O)Nc2cnn(C)c2)cc(N)c1F. The zero-order valence-electron chi connectivity index (χ0n) is 10.4. The third kappa shape index (κ3) is 2.68. The molecule has 0 aliphatic carbocycles. The fourth-order valence-corrected chi connectivity index (χ4v) is 2.75. The Bertz CT molecular complexity index is 701. The van der Waals surface area contributed by atoms with Crippen molar-refractivity contribution in [1.82, 2.24) is 9.78 Å². The van der Waals surface area contributed by atoms with Crippen LogP contribution in [0.5, 0.6) is 0 Å². The molecular weight excluding hydrogens is 271 g/mol. The summed E-state index contributed by atoms with van der Waals surface area (Å²) in [5.41, 5.74) is 5.72. The minimum absolute atomic E-state index is 0.0900. The summed E-state index contributed by atoms with van der Waals surface area (Å²) >= 11 is 0. The Morgan fingerprint density at radius 3 is 2.63 bits per heavy atom. The highest BCUT2D eigenvalue weighted by Crippen LogP contribution is 2.22. The number of nitrogens with one attached hydrogen (secondary N) is 1. The van der Waals surface area contributed by atoms with E-state index in [0.717, 1.165) is 6.07 Å². The summed E-state index contributed by atoms with van der Waals surface area (Å²) in [6, 6.07) is 2.31. The van der Waals surface area contributed by atoms with Crippen LogP contribution >= 0.6 is 0 Å². The highest BCUT2D eigenvalue weighted by Gasteiger charge is 2.18. The number of nitrogen functional groups attached to an aromatic ring is 1. The first-order valence-corrected chi connectivity index (χ1v) is 6.85. The molecule has 0 saturated heterocycles. The van der Waals surface area contributed by atoms with E-state index in [0.29, 0.717) is 5.69 Å². The van der Waals surface area contributed by atoms with Crippen LogP contribution in [0.25, 0.3) is 0 Å². The summed E-state index contributed by atoms with van der Waals surface area (Å²) in [4.78, 5) is -0.0900. The van der Waals surface area contributed by atoms with Crippen molar-refractivity contribution in [1.29, 1.82) is 0 Å². The molecule has 0 unspecified atom stereocenters. The van der Waals surface area contributed by atoms with Crippen molar-refractivity contribution in [2.45, 2.75) is 11.8 Å². The molecule has 0 radical (unpaired) electrons. The van der Waals surface area contributed by atoms with Crippen LogP contribution in [0.3, 0.4) is 0 Å². The average molecular weight is 284 g/mol. The highest BCUT2D eigenvalue weighted by molar-refractivity contribution is 7.92. The van der Waals surface area contributed by atoms with Gasteiger partial charge in [-0.15, -0.1) is 0 Å². The maximum atomic E-state index is 13.4. The first-order chi connectivity index (χ1) is 8.79. The van der Waals surface area contributed by atoms with Crippen molar-refractivity contribution >= 4 is 21.4 Å². The van der Waals surface area contributed by atoms with Crippen molar-refractivity contribution in [2.75, 3.05) is 10.5 Å². The van der Waals surface area contributed by atoms with Crippen LogP contribution < -0.4 is 10.5 Å². The molecule has 6 nitrogen and oxygen atoms in total. The van der Waals surface area contributed by atoms with E-state index < -0.39 is 15.8 Å². The molecule has 19 heavy (non-hydrogen) atoms. The van der Waals surface area contributed by atoms with Crippen LogP contribution in [-0.2, 0) is 17.1 Å². The second-order valence-electron chi connectivity index (χ2n) is 4.15. The summed E-state index contributed by atoms with van der Waals surface area (Å²) in [7, 11) is -2.15. The van der Waals surface area contributed by atoms with Gasteiger partial charge in [0.25, 0.3) is 10.0 Å². The third-order valence-electron chi connectivity index (χ3n) is 2.52. The number of nitrogens with zero attached hydrogens (tertiary/aromatic N) is 2. The molecule has 0 fully saturated rings. The summed E-state index contributed by atoms with van der Waals surface area (Å²) in [6.45, 7) is 1.45. The monoisotopic (exact) mass is 284 g/mol. The van der Waals surface area contributed by atoms with Crippen molar-refractivity contribution in [3.8, 4) is 0 Å². The van der Waals surface area contributed by atoms with E-state index in [2.05, 4.69) is 9.82 Å². The molecule has 8 heteroatoms. The smallest absolute Gasteiger partial charge is 0.262 e. The molecule has 102 valence electrons. The van der Waals surface area contributed by atoms with Crippen LogP contribution in [0.1, 0.15) is 5.56 Å². The number of anilines is 2. The van der Waals surface area contributed by atoms with Crippen molar-refractivity contribution < 1.29 is 12.8 Å². The zero-order chi connectivity index (χ0) is 14.2. The number of rotatable bonds is 3. The van der Waals surface area contributed by atoms with Gasteiger partial charge in [0.2, 0.25) is 0 Å². The van der Waals surface area contributed by atoms with Crippen molar-refractivity contribution in [3.05, 3.63) is 35.9 Å². The number of aromatic nitrogens is 2. The molecule has 1 aromatic heterocycles. The van der Waals surface area contributed by atoms with Gasteiger partial charge in [0.15, 0.2) is 0 Å². The molecule has 3 N–H and O–H groups in total. The van der Waals surface area contributed by atoms with Gasteiger partial charge in [0.05, 0.1) is 22.5 Å². The van der Waals surface area contributed by atoms with E-state index in [1.54, 1.807) is 7.05 Å². The molecule has 0 aliphatic heterocycles. The van der Waals surface area contributed by atoms with Gasteiger partial charge >= 0.3 is 0 Å². The summed E-state index contributed by atoms with van der Waals surface area (Å²) in [5, 5.41) is 3.85. The van der Waals surface area contributed by atoms with Crippen LogP contribution in [0.4, 0.5) is 15.8 Å². The van der Waals surface area contributed by atoms with Gasteiger partial charge < -0.3 is 5.73 Å². The molecular formula is C11H13FN4O2S. The number of aryl methyl sites for hydroxylation is 2. The topological polar surface area (TPSA) is 90.0 Å². The summed E-state index contributed by atoms with van der Waals surface area (Å²) < 4.78 is 41.4. The average Bonchev–Trinajstić information content (AvgIpc) is 2.70. The summed E-state index contributed by atoms with van der Waals surface area (Å²) in [5.74, 6) is -0.611. The number of hydrogen-bond acceptors (Lipinski definition) is 4. The molecule has 0 saturated carbocycles. The fraction of sp³-hybridized carbons (Fsp3) is 0.182. The van der Waals surface area contributed by atoms with E-state index in [1.165, 1.54) is 30.1 Å². The molecule has 0 amide bonds. The lowest BCUT2D eigenvalue weighted by molar-refractivity contribution is 0.599. The second kappa shape index (κ2) is 4.54. The second-order valence-corrected chi connectivity index (χ2v) is 5.83. The lowest BCUT2D eigenvalue weighted by Crippen LogP contribution is -2.13. The fourth-order valence-electron chi connectivity index (χ4n) is 1.61. The number of nitrogens with two attached hydrogens (primary N) is 1. The Balaban J connectivity index is 2.40. The molecule has 0 spiro atoms. The lowest BCUT2D eigenvalue weighted by Gasteiger charge is -2.08. The van der Waals surface area contributed by atoms with Crippen LogP contribution in [0.2, 0.25) is 0 Å². The van der Waals surface area contributed by atoms with Gasteiger partial charge in [0, 0.05) is 13.2 Å². The molecule has 0 aliphatic rings. The number of benzene rings is 1. The molecule has 1 aromatic carbocycles. The van der Waals surface area contributed by atoms with Crippen molar-refractivity contribution in [2.24, 2.45) is 7.05 Å². The van der Waals surface area contributed by atoms with E-state index >= 15 is 0 Å². The molecule has 1 heterocycles. The maximum Gasteiger partial charge on any atom is 0.262 e. The number of sulfonamides is 1. The van der Waals surface area contributed by atoms with E-state index in [9.17, 15) is 12.8 Å². The van der Waals surface area contributed by atoms with E-state index in [4.69, 9.17) is 5.73 Å². The molecule has 0 bridgehead atoms. The van der Waals surface area contributed by atoms with Crippen LogP contribution in [0.15, 0.2) is 29.4 Å². The van der Waals surface area contributed by atoms with Gasteiger partial charge in [-0.3, -0.25) is 9.40 Å². The first kappa shape index (κ1) is 13.3. The predicted molar refractivity (Wildman–Crippen MR) is 69.6 cm³/mol. The Morgan fingerprint density at radius 2 is 2.11 bits per heavy atom. The maximum absolute atomic E-state index is 13.4. The molecule has 2 aromatic rings. The third-order valence-corrected chi connectivity index (χ3v) is 3.88. The predicted octanol–water partition coefficient (Wildman–Crippen LogP) is 1.25. The van der Waals surface area contributed by atoms with Gasteiger partial charge in [-0.25, -0.2) is 12.8 Å². The Hall–Kier alpha value is -2.09. The van der Waals surface area contributed by atoms with E-state index in [1.807, 2.05) is 0 Å². The van der Waals surface area contributed by atoms with Crippen LogP contribution in [-0.4, -0.2) is 18.2 Å².